The Balaban J connectivity index is 1.59. The van der Waals surface area contributed by atoms with Gasteiger partial charge in [0, 0.05) is 24.1 Å². The molecule has 0 aliphatic rings. The van der Waals surface area contributed by atoms with Gasteiger partial charge in [0.25, 0.3) is 5.56 Å². The molecule has 0 aliphatic carbocycles. The molecular weight excluding hydrogens is 473 g/mol. The van der Waals surface area contributed by atoms with Crippen LogP contribution in [0.15, 0.2) is 65.6 Å². The number of alkyl halides is 3. The lowest BCUT2D eigenvalue weighted by atomic mass is 10.2. The molecule has 0 fully saturated rings. The van der Waals surface area contributed by atoms with Gasteiger partial charge in [0.1, 0.15) is 11.6 Å². The third kappa shape index (κ3) is 6.85. The molecule has 0 saturated carbocycles. The van der Waals surface area contributed by atoms with Crippen LogP contribution in [0.2, 0.25) is 5.02 Å². The van der Waals surface area contributed by atoms with Crippen molar-refractivity contribution in [1.82, 2.24) is 9.88 Å². The number of aromatic nitrogens is 1. The zero-order chi connectivity index (χ0) is 24.9. The second kappa shape index (κ2) is 10.4. The molecule has 3 rings (SSSR count). The molecule has 0 unspecified atom stereocenters. The standard InChI is InChI=1S/C23H20ClF3N4O3/c1-14-4-2-6-17(8-14)29-22(34)30-18-7-3-5-15(9-18)11-28-20(32)13-31-12-16(23(25,26)27)10-19(24)21(31)33/h2-10,12H,11,13H2,1H3,(H,28,32)(H2,29,30,34). The molecule has 0 atom stereocenters. The Morgan fingerprint density at radius 2 is 1.65 bits per heavy atom. The maximum atomic E-state index is 12.9. The number of carbonyl (C=O) groups is 2. The van der Waals surface area contributed by atoms with Gasteiger partial charge in [0.05, 0.1) is 5.56 Å². The van der Waals surface area contributed by atoms with Crippen molar-refractivity contribution in [1.29, 1.82) is 0 Å². The normalized spacial score (nSPS) is 11.1. The van der Waals surface area contributed by atoms with Crippen LogP contribution in [0.5, 0.6) is 0 Å². The molecule has 1 aromatic heterocycles. The zero-order valence-corrected chi connectivity index (χ0v) is 18.6. The summed E-state index contributed by atoms with van der Waals surface area (Å²) in [6.45, 7) is 1.29. The van der Waals surface area contributed by atoms with E-state index in [0.717, 1.165) is 5.56 Å². The third-order valence-electron chi connectivity index (χ3n) is 4.63. The highest BCUT2D eigenvalue weighted by molar-refractivity contribution is 6.30. The number of nitrogens with zero attached hydrogens (tertiary/aromatic N) is 1. The lowest BCUT2D eigenvalue weighted by Crippen LogP contribution is -2.32. The van der Waals surface area contributed by atoms with Crippen LogP contribution in [0.3, 0.4) is 0 Å². The van der Waals surface area contributed by atoms with E-state index in [1.165, 1.54) is 0 Å². The van der Waals surface area contributed by atoms with E-state index >= 15 is 0 Å². The van der Waals surface area contributed by atoms with E-state index in [9.17, 15) is 27.6 Å². The van der Waals surface area contributed by atoms with Crippen LogP contribution in [0.1, 0.15) is 16.7 Å². The topological polar surface area (TPSA) is 92.2 Å². The van der Waals surface area contributed by atoms with E-state index in [1.54, 1.807) is 30.3 Å². The fraction of sp³-hybridized carbons (Fsp3) is 0.174. The molecule has 0 aliphatic heterocycles. The number of hydrogen-bond donors (Lipinski definition) is 3. The Bertz CT molecular complexity index is 1270. The van der Waals surface area contributed by atoms with Crippen molar-refractivity contribution in [3.05, 3.63) is 92.9 Å². The smallest absolute Gasteiger partial charge is 0.350 e. The number of hydrogen-bond acceptors (Lipinski definition) is 3. The number of halogens is 4. The van der Waals surface area contributed by atoms with Gasteiger partial charge in [-0.15, -0.1) is 0 Å². The van der Waals surface area contributed by atoms with Crippen LogP contribution in [0.25, 0.3) is 0 Å². The van der Waals surface area contributed by atoms with E-state index in [2.05, 4.69) is 16.0 Å². The van der Waals surface area contributed by atoms with E-state index in [-0.39, 0.29) is 6.54 Å². The van der Waals surface area contributed by atoms with E-state index in [0.29, 0.717) is 33.8 Å². The second-order valence-corrected chi connectivity index (χ2v) is 7.84. The molecule has 7 nitrogen and oxygen atoms in total. The number of pyridine rings is 1. The SMILES string of the molecule is Cc1cccc(NC(=O)Nc2cccc(CNC(=O)Cn3cc(C(F)(F)F)cc(Cl)c3=O)c2)c1. The van der Waals surface area contributed by atoms with Crippen molar-refractivity contribution in [3.63, 3.8) is 0 Å². The van der Waals surface area contributed by atoms with E-state index in [4.69, 9.17) is 11.6 Å². The highest BCUT2D eigenvalue weighted by Crippen LogP contribution is 2.29. The van der Waals surface area contributed by atoms with Gasteiger partial charge in [-0.1, -0.05) is 35.9 Å². The number of anilines is 2. The van der Waals surface area contributed by atoms with Crippen LogP contribution >= 0.6 is 11.6 Å². The Morgan fingerprint density at radius 3 is 2.29 bits per heavy atom. The maximum absolute atomic E-state index is 12.9. The molecule has 3 amide bonds. The van der Waals surface area contributed by atoms with Crippen molar-refractivity contribution in [2.75, 3.05) is 10.6 Å². The fourth-order valence-corrected chi connectivity index (χ4v) is 3.28. The van der Waals surface area contributed by atoms with Crippen LogP contribution < -0.4 is 21.5 Å². The van der Waals surface area contributed by atoms with Gasteiger partial charge < -0.3 is 20.5 Å². The largest absolute Gasteiger partial charge is 0.417 e. The molecule has 1 heterocycles. The summed E-state index contributed by atoms with van der Waals surface area (Å²) in [6, 6.07) is 14.0. The average molecular weight is 493 g/mol. The predicted molar refractivity (Wildman–Crippen MR) is 123 cm³/mol. The molecule has 34 heavy (non-hydrogen) atoms. The van der Waals surface area contributed by atoms with E-state index < -0.39 is 40.8 Å². The summed E-state index contributed by atoms with van der Waals surface area (Å²) in [4.78, 5) is 36.4. The van der Waals surface area contributed by atoms with Gasteiger partial charge in [-0.05, 0) is 48.4 Å². The fourth-order valence-electron chi connectivity index (χ4n) is 3.06. The van der Waals surface area contributed by atoms with Crippen molar-refractivity contribution in [2.45, 2.75) is 26.2 Å². The highest BCUT2D eigenvalue weighted by Gasteiger charge is 2.32. The minimum absolute atomic E-state index is 0.0231. The molecule has 2 aromatic carbocycles. The summed E-state index contributed by atoms with van der Waals surface area (Å²) >= 11 is 5.59. The van der Waals surface area contributed by atoms with Crippen LogP contribution in [-0.4, -0.2) is 16.5 Å². The van der Waals surface area contributed by atoms with Gasteiger partial charge in [-0.2, -0.15) is 13.2 Å². The number of amides is 3. The van der Waals surface area contributed by atoms with Crippen molar-refractivity contribution < 1.29 is 22.8 Å². The molecule has 3 N–H and O–H groups in total. The number of benzene rings is 2. The maximum Gasteiger partial charge on any atom is 0.417 e. The number of aryl methyl sites for hydroxylation is 1. The van der Waals surface area contributed by atoms with Crippen molar-refractivity contribution >= 4 is 34.9 Å². The van der Waals surface area contributed by atoms with Gasteiger partial charge in [0.15, 0.2) is 0 Å². The lowest BCUT2D eigenvalue weighted by Gasteiger charge is -2.12. The molecule has 0 spiro atoms. The van der Waals surface area contributed by atoms with Crippen LogP contribution in [0.4, 0.5) is 29.3 Å². The first kappa shape index (κ1) is 24.8. The monoisotopic (exact) mass is 492 g/mol. The average Bonchev–Trinajstić information content (AvgIpc) is 2.75. The zero-order valence-electron chi connectivity index (χ0n) is 17.9. The summed E-state index contributed by atoms with van der Waals surface area (Å²) in [5.74, 6) is -0.687. The Hall–Kier alpha value is -3.79. The highest BCUT2D eigenvalue weighted by atomic mass is 35.5. The van der Waals surface area contributed by atoms with Crippen LogP contribution in [0, 0.1) is 6.92 Å². The summed E-state index contributed by atoms with van der Waals surface area (Å²) in [6.07, 6.45) is -4.17. The first-order valence-corrected chi connectivity index (χ1v) is 10.4. The molecule has 0 saturated heterocycles. The van der Waals surface area contributed by atoms with Gasteiger partial charge in [0.2, 0.25) is 5.91 Å². The third-order valence-corrected chi connectivity index (χ3v) is 4.90. The van der Waals surface area contributed by atoms with Gasteiger partial charge in [-0.3, -0.25) is 9.59 Å². The molecule has 0 radical (unpaired) electrons. The Morgan fingerprint density at radius 1 is 1.00 bits per heavy atom. The second-order valence-electron chi connectivity index (χ2n) is 7.43. The summed E-state index contributed by atoms with van der Waals surface area (Å²) in [5, 5.41) is 7.29. The number of carbonyl (C=O) groups excluding carboxylic acids is 2. The molecule has 11 heteroatoms. The summed E-state index contributed by atoms with van der Waals surface area (Å²) < 4.78 is 39.4. The lowest BCUT2D eigenvalue weighted by molar-refractivity contribution is -0.138. The molecule has 178 valence electrons. The number of rotatable bonds is 6. The molecular formula is C23H20ClF3N4O3. The first-order valence-electron chi connectivity index (χ1n) is 9.99. The Labute approximate surface area is 197 Å². The summed E-state index contributed by atoms with van der Waals surface area (Å²) in [7, 11) is 0. The van der Waals surface area contributed by atoms with Crippen LogP contribution in [-0.2, 0) is 24.1 Å². The quantitative estimate of drug-likeness (QED) is 0.462. The number of urea groups is 1. The number of nitrogens with one attached hydrogen (secondary N) is 3. The minimum Gasteiger partial charge on any atom is -0.350 e. The molecule has 0 bridgehead atoms. The van der Waals surface area contributed by atoms with Crippen molar-refractivity contribution in [3.8, 4) is 0 Å². The Kier molecular flexibility index (Phi) is 7.62. The van der Waals surface area contributed by atoms with Gasteiger partial charge in [-0.25, -0.2) is 4.79 Å². The summed E-state index contributed by atoms with van der Waals surface area (Å²) in [5.41, 5.74) is 0.674. The van der Waals surface area contributed by atoms with E-state index in [1.807, 2.05) is 25.1 Å². The van der Waals surface area contributed by atoms with Gasteiger partial charge >= 0.3 is 12.2 Å². The minimum atomic E-state index is -4.71. The first-order chi connectivity index (χ1) is 16.0. The van der Waals surface area contributed by atoms with Crippen molar-refractivity contribution in [2.24, 2.45) is 0 Å². The molecule has 3 aromatic rings. The predicted octanol–water partition coefficient (Wildman–Crippen LogP) is 4.79.